The normalized spacial score (nSPS) is 27.5. The number of fused-ring (bicyclic) bond motifs is 1. The van der Waals surface area contributed by atoms with Gasteiger partial charge in [-0.3, -0.25) is 0 Å². The van der Waals surface area contributed by atoms with Gasteiger partial charge in [-0.05, 0) is 109 Å². The molecule has 5 atom stereocenters. The maximum atomic E-state index is 6.86. The molecule has 2 saturated carbocycles. The van der Waals surface area contributed by atoms with Gasteiger partial charge in [0.25, 0.3) is 0 Å². The van der Waals surface area contributed by atoms with E-state index in [1.54, 1.807) is 5.56 Å². The first kappa shape index (κ1) is 25.3. The lowest BCUT2D eigenvalue weighted by atomic mass is 9.68. The molecule has 0 saturated heterocycles. The monoisotopic (exact) mass is 460 g/mol. The summed E-state index contributed by atoms with van der Waals surface area (Å²) in [7, 11) is 0. The molecule has 2 fully saturated rings. The van der Waals surface area contributed by atoms with Gasteiger partial charge in [-0.15, -0.1) is 0 Å². The first-order valence-corrected chi connectivity index (χ1v) is 13.6. The lowest BCUT2D eigenvalue weighted by molar-refractivity contribution is 0.0825. The molecule has 2 aliphatic rings. The maximum absolute atomic E-state index is 6.86. The van der Waals surface area contributed by atoms with Crippen molar-refractivity contribution in [3.63, 3.8) is 0 Å². The van der Waals surface area contributed by atoms with Gasteiger partial charge in [-0.25, -0.2) is 0 Å². The third-order valence-corrected chi connectivity index (χ3v) is 8.59. The van der Waals surface area contributed by atoms with Crippen LogP contribution in [0.5, 0.6) is 5.75 Å². The summed E-state index contributed by atoms with van der Waals surface area (Å²) < 4.78 is 6.86. The fourth-order valence-electron chi connectivity index (χ4n) is 6.83. The van der Waals surface area contributed by atoms with Crippen molar-refractivity contribution in [1.82, 2.24) is 0 Å². The van der Waals surface area contributed by atoms with Gasteiger partial charge in [0.05, 0.1) is 6.10 Å². The van der Waals surface area contributed by atoms with Crippen LogP contribution in [0, 0.1) is 38.5 Å². The van der Waals surface area contributed by atoms with Gasteiger partial charge in [0.1, 0.15) is 5.75 Å². The maximum Gasteiger partial charge on any atom is 0.125 e. The van der Waals surface area contributed by atoms with Crippen molar-refractivity contribution in [3.8, 4) is 5.75 Å². The minimum absolute atomic E-state index is 0.152. The molecule has 0 aromatic heterocycles. The predicted octanol–water partition coefficient (Wildman–Crippen LogP) is 9.19. The molecule has 34 heavy (non-hydrogen) atoms. The minimum Gasteiger partial charge on any atom is -0.490 e. The van der Waals surface area contributed by atoms with Gasteiger partial charge in [0, 0.05) is 0 Å². The van der Waals surface area contributed by atoms with Crippen LogP contribution in [0.1, 0.15) is 113 Å². The van der Waals surface area contributed by atoms with Crippen LogP contribution in [0.2, 0.25) is 0 Å². The lowest BCUT2D eigenvalue weighted by Crippen LogP contribution is -2.35. The van der Waals surface area contributed by atoms with Crippen LogP contribution in [-0.2, 0) is 10.8 Å². The molecule has 2 aromatic rings. The quantitative estimate of drug-likeness (QED) is 0.443. The van der Waals surface area contributed by atoms with Crippen molar-refractivity contribution in [2.75, 3.05) is 0 Å². The molecule has 0 aliphatic heterocycles. The third-order valence-electron chi connectivity index (χ3n) is 8.59. The molecule has 4 rings (SSSR count). The van der Waals surface area contributed by atoms with Gasteiger partial charge < -0.3 is 4.74 Å². The Kier molecular flexibility index (Phi) is 6.73. The molecule has 0 amide bonds. The van der Waals surface area contributed by atoms with Crippen LogP contribution in [0.3, 0.4) is 0 Å². The molecular formula is C33H48O. The van der Waals surface area contributed by atoms with E-state index >= 15 is 0 Å². The summed E-state index contributed by atoms with van der Waals surface area (Å²) in [4.78, 5) is 0. The van der Waals surface area contributed by atoms with E-state index < -0.39 is 0 Å². The van der Waals surface area contributed by atoms with E-state index in [2.05, 4.69) is 99.6 Å². The summed E-state index contributed by atoms with van der Waals surface area (Å²) in [6.07, 6.45) is 5.38. The smallest absolute Gasteiger partial charge is 0.125 e. The molecule has 1 heteroatoms. The van der Waals surface area contributed by atoms with Crippen LogP contribution in [0.25, 0.3) is 0 Å². The highest BCUT2D eigenvalue weighted by Crippen LogP contribution is 2.53. The van der Waals surface area contributed by atoms with E-state index in [1.807, 2.05) is 0 Å². The molecule has 1 nitrogen and oxygen atoms in total. The SMILES string of the molecule is Cc1cc(C)c(OC2CC3CC(C)CC3C(c3cc(C(C)(C)C)cc(C(C)(C)C)c3)C2)c(C)c1. The van der Waals surface area contributed by atoms with Crippen molar-refractivity contribution >= 4 is 0 Å². The highest BCUT2D eigenvalue weighted by molar-refractivity contribution is 5.43. The third kappa shape index (κ3) is 5.24. The topological polar surface area (TPSA) is 9.23 Å². The zero-order valence-corrected chi connectivity index (χ0v) is 23.5. The van der Waals surface area contributed by atoms with E-state index in [1.165, 1.54) is 47.1 Å². The molecule has 186 valence electrons. The zero-order valence-electron chi connectivity index (χ0n) is 23.5. The second kappa shape index (κ2) is 9.03. The molecule has 0 radical (unpaired) electrons. The van der Waals surface area contributed by atoms with Gasteiger partial charge in [-0.2, -0.15) is 0 Å². The number of rotatable bonds is 3. The highest BCUT2D eigenvalue weighted by Gasteiger charge is 2.44. The Labute approximate surface area is 209 Å². The Morgan fingerprint density at radius 3 is 1.79 bits per heavy atom. The van der Waals surface area contributed by atoms with E-state index in [9.17, 15) is 0 Å². The van der Waals surface area contributed by atoms with E-state index in [4.69, 9.17) is 4.74 Å². The molecule has 0 N–H and O–H groups in total. The molecule has 5 unspecified atom stereocenters. The summed E-state index contributed by atoms with van der Waals surface area (Å²) in [6.45, 7) is 23.2. The van der Waals surface area contributed by atoms with Crippen LogP contribution < -0.4 is 4.74 Å². The van der Waals surface area contributed by atoms with Crippen molar-refractivity contribution in [2.24, 2.45) is 17.8 Å². The van der Waals surface area contributed by atoms with Gasteiger partial charge in [0.2, 0.25) is 0 Å². The molecule has 0 bridgehead atoms. The van der Waals surface area contributed by atoms with Gasteiger partial charge >= 0.3 is 0 Å². The number of hydrogen-bond acceptors (Lipinski definition) is 1. The van der Waals surface area contributed by atoms with Crippen molar-refractivity contribution in [3.05, 3.63) is 63.7 Å². The van der Waals surface area contributed by atoms with Crippen LogP contribution in [0.4, 0.5) is 0 Å². The summed E-state index contributed by atoms with van der Waals surface area (Å²) in [6, 6.07) is 12.1. The average Bonchev–Trinajstić information content (AvgIpc) is 3.08. The Morgan fingerprint density at radius 2 is 1.26 bits per heavy atom. The number of hydrogen-bond donors (Lipinski definition) is 0. The van der Waals surface area contributed by atoms with Crippen LogP contribution >= 0.6 is 0 Å². The second-order valence-electron chi connectivity index (χ2n) is 13.9. The predicted molar refractivity (Wildman–Crippen MR) is 146 cm³/mol. The average molecular weight is 461 g/mol. The van der Waals surface area contributed by atoms with Crippen molar-refractivity contribution < 1.29 is 4.74 Å². The van der Waals surface area contributed by atoms with E-state index in [0.717, 1.165) is 29.9 Å². The Hall–Kier alpha value is -1.76. The summed E-state index contributed by atoms with van der Waals surface area (Å²) in [5, 5.41) is 0. The number of aryl methyl sites for hydroxylation is 3. The van der Waals surface area contributed by atoms with Gasteiger partial charge in [-0.1, -0.05) is 84.4 Å². The zero-order chi connectivity index (χ0) is 25.0. The van der Waals surface area contributed by atoms with Gasteiger partial charge in [0.15, 0.2) is 0 Å². The van der Waals surface area contributed by atoms with Crippen molar-refractivity contribution in [2.45, 2.75) is 118 Å². The molecule has 2 aliphatic carbocycles. The molecule has 0 spiro atoms. The second-order valence-corrected chi connectivity index (χ2v) is 13.9. The fourth-order valence-corrected chi connectivity index (χ4v) is 6.83. The van der Waals surface area contributed by atoms with E-state index in [0.29, 0.717) is 12.0 Å². The Morgan fingerprint density at radius 1 is 0.706 bits per heavy atom. The largest absolute Gasteiger partial charge is 0.490 e. The molecule has 2 aromatic carbocycles. The molecule has 0 heterocycles. The highest BCUT2D eigenvalue weighted by atomic mass is 16.5. The van der Waals surface area contributed by atoms with E-state index in [-0.39, 0.29) is 10.8 Å². The summed E-state index contributed by atoms with van der Waals surface area (Å²) in [5.74, 6) is 4.10. The first-order chi connectivity index (χ1) is 15.7. The lowest BCUT2D eigenvalue weighted by Gasteiger charge is -2.40. The van der Waals surface area contributed by atoms with Crippen LogP contribution in [-0.4, -0.2) is 6.10 Å². The fraction of sp³-hybridized carbons (Fsp3) is 0.636. The summed E-state index contributed by atoms with van der Waals surface area (Å²) >= 11 is 0. The molecular weight excluding hydrogens is 412 g/mol. The number of benzene rings is 2. The standard InChI is InChI=1S/C33H48O/c1-20-11-22(3)31(23(4)12-20)34-28-17-24-13-21(2)14-29(24)30(19-28)25-15-26(32(5,6)7)18-27(16-25)33(8,9)10/h11-12,15-16,18,21,24,28-30H,13-14,17,19H2,1-10H3. The number of ether oxygens (including phenoxy) is 1. The Bertz CT molecular complexity index is 976. The minimum atomic E-state index is 0.152. The summed E-state index contributed by atoms with van der Waals surface area (Å²) in [5.41, 5.74) is 8.70. The Balaban J connectivity index is 1.73. The van der Waals surface area contributed by atoms with Crippen molar-refractivity contribution in [1.29, 1.82) is 0 Å². The first-order valence-electron chi connectivity index (χ1n) is 13.6. The van der Waals surface area contributed by atoms with Crippen LogP contribution in [0.15, 0.2) is 30.3 Å².